The average molecular weight is 497 g/mol. The lowest BCUT2D eigenvalue weighted by atomic mass is 9.82. The summed E-state index contributed by atoms with van der Waals surface area (Å²) in [5.74, 6) is 2.44. The minimum atomic E-state index is 0.805. The van der Waals surface area contributed by atoms with Crippen LogP contribution in [0.1, 0.15) is 0 Å². The Balaban J connectivity index is 1.88. The summed E-state index contributed by atoms with van der Waals surface area (Å²) in [6.45, 7) is 0. The van der Waals surface area contributed by atoms with E-state index in [4.69, 9.17) is 14.2 Å². The number of para-hydroxylation sites is 3. The van der Waals surface area contributed by atoms with Crippen molar-refractivity contribution in [3.63, 3.8) is 0 Å². The van der Waals surface area contributed by atoms with Crippen LogP contribution in [0.4, 0.5) is 0 Å². The highest BCUT2D eigenvalue weighted by Crippen LogP contribution is 2.51. The summed E-state index contributed by atoms with van der Waals surface area (Å²) in [5.41, 5.74) is 6.27. The molecule has 0 amide bonds. The third kappa shape index (κ3) is 3.93. The van der Waals surface area contributed by atoms with Crippen molar-refractivity contribution in [2.24, 2.45) is 0 Å². The van der Waals surface area contributed by atoms with E-state index in [2.05, 4.69) is 78.9 Å². The summed E-state index contributed by atoms with van der Waals surface area (Å²) in [4.78, 5) is 0. The second kappa shape index (κ2) is 9.95. The van der Waals surface area contributed by atoms with E-state index in [1.807, 2.05) is 36.4 Å². The number of benzene rings is 6. The van der Waals surface area contributed by atoms with E-state index >= 15 is 0 Å². The topological polar surface area (TPSA) is 27.7 Å². The summed E-state index contributed by atoms with van der Waals surface area (Å²) in [6.07, 6.45) is 0. The molecule has 0 saturated heterocycles. The van der Waals surface area contributed by atoms with Gasteiger partial charge in [0.05, 0.1) is 21.3 Å². The fourth-order valence-electron chi connectivity index (χ4n) is 5.43. The highest BCUT2D eigenvalue weighted by atomic mass is 16.5. The molecule has 0 spiro atoms. The second-order valence-corrected chi connectivity index (χ2v) is 9.20. The number of ether oxygens (including phenoxy) is 3. The second-order valence-electron chi connectivity index (χ2n) is 9.20. The van der Waals surface area contributed by atoms with E-state index in [0.717, 1.165) is 61.4 Å². The van der Waals surface area contributed by atoms with Crippen LogP contribution in [0.5, 0.6) is 17.2 Å². The fraction of sp³-hybridized carbons (Fsp3) is 0.0857. The van der Waals surface area contributed by atoms with Gasteiger partial charge < -0.3 is 14.2 Å². The molecule has 186 valence electrons. The molecule has 3 heteroatoms. The monoisotopic (exact) mass is 496 g/mol. The minimum Gasteiger partial charge on any atom is -0.496 e. The van der Waals surface area contributed by atoms with Gasteiger partial charge in [-0.15, -0.1) is 0 Å². The molecule has 3 nitrogen and oxygen atoms in total. The number of hydrogen-bond acceptors (Lipinski definition) is 3. The average Bonchev–Trinajstić information content (AvgIpc) is 2.99. The molecule has 6 aromatic rings. The highest BCUT2D eigenvalue weighted by molar-refractivity contribution is 6.14. The molecule has 0 saturated carbocycles. The van der Waals surface area contributed by atoms with Crippen LogP contribution in [0.25, 0.3) is 54.9 Å². The lowest BCUT2D eigenvalue weighted by Crippen LogP contribution is -1.98. The smallest absolute Gasteiger partial charge is 0.126 e. The molecular weight excluding hydrogens is 468 g/mol. The predicted octanol–water partition coefficient (Wildman–Crippen LogP) is 9.02. The fourth-order valence-corrected chi connectivity index (χ4v) is 5.43. The molecule has 0 atom stereocenters. The number of hydrogen-bond donors (Lipinski definition) is 0. The Bertz CT molecular complexity index is 1780. The SMILES string of the molecule is COc1ccccc1-c1cc2cc3ccccc3cc2c(-c2ccccc2OC)c1-c1ccccc1OC. The molecular formula is C35H28O3. The maximum Gasteiger partial charge on any atom is 0.126 e. The molecule has 0 radical (unpaired) electrons. The molecule has 0 aliphatic rings. The van der Waals surface area contributed by atoms with Crippen molar-refractivity contribution >= 4 is 21.5 Å². The Hall–Kier alpha value is -4.76. The highest BCUT2D eigenvalue weighted by Gasteiger charge is 2.24. The van der Waals surface area contributed by atoms with Gasteiger partial charge in [-0.3, -0.25) is 0 Å². The van der Waals surface area contributed by atoms with Gasteiger partial charge in [-0.2, -0.15) is 0 Å². The van der Waals surface area contributed by atoms with Crippen molar-refractivity contribution in [1.82, 2.24) is 0 Å². The predicted molar refractivity (Wildman–Crippen MR) is 157 cm³/mol. The van der Waals surface area contributed by atoms with Gasteiger partial charge in [-0.25, -0.2) is 0 Å². The normalized spacial score (nSPS) is 11.0. The first-order valence-electron chi connectivity index (χ1n) is 12.6. The van der Waals surface area contributed by atoms with Gasteiger partial charge in [-0.1, -0.05) is 78.9 Å². The summed E-state index contributed by atoms with van der Waals surface area (Å²) in [7, 11) is 5.17. The first-order chi connectivity index (χ1) is 18.7. The zero-order valence-electron chi connectivity index (χ0n) is 21.7. The Morgan fingerprint density at radius 3 is 1.39 bits per heavy atom. The molecule has 0 aliphatic heterocycles. The van der Waals surface area contributed by atoms with E-state index in [1.165, 1.54) is 10.8 Å². The Kier molecular flexibility index (Phi) is 6.19. The molecule has 6 rings (SSSR count). The summed E-state index contributed by atoms with van der Waals surface area (Å²) < 4.78 is 17.7. The molecule has 0 heterocycles. The van der Waals surface area contributed by atoms with Gasteiger partial charge >= 0.3 is 0 Å². The van der Waals surface area contributed by atoms with Crippen LogP contribution in [0.2, 0.25) is 0 Å². The van der Waals surface area contributed by atoms with Gasteiger partial charge in [0.2, 0.25) is 0 Å². The van der Waals surface area contributed by atoms with Crippen molar-refractivity contribution < 1.29 is 14.2 Å². The van der Waals surface area contributed by atoms with Crippen LogP contribution in [-0.2, 0) is 0 Å². The molecule has 0 bridgehead atoms. The van der Waals surface area contributed by atoms with Crippen LogP contribution >= 0.6 is 0 Å². The van der Waals surface area contributed by atoms with E-state index in [0.29, 0.717) is 0 Å². The molecule has 38 heavy (non-hydrogen) atoms. The minimum absolute atomic E-state index is 0.805. The maximum absolute atomic E-state index is 5.92. The third-order valence-electron chi connectivity index (χ3n) is 7.16. The van der Waals surface area contributed by atoms with E-state index < -0.39 is 0 Å². The van der Waals surface area contributed by atoms with Gasteiger partial charge in [0.1, 0.15) is 17.2 Å². The lowest BCUT2D eigenvalue weighted by Gasteiger charge is -2.23. The number of rotatable bonds is 6. The quantitative estimate of drug-likeness (QED) is 0.215. The van der Waals surface area contributed by atoms with E-state index in [1.54, 1.807) is 21.3 Å². The molecule has 0 unspecified atom stereocenters. The van der Waals surface area contributed by atoms with Crippen molar-refractivity contribution in [3.8, 4) is 50.6 Å². The van der Waals surface area contributed by atoms with Crippen molar-refractivity contribution in [2.75, 3.05) is 21.3 Å². The Morgan fingerprint density at radius 1 is 0.368 bits per heavy atom. The van der Waals surface area contributed by atoms with Crippen LogP contribution in [0, 0.1) is 0 Å². The van der Waals surface area contributed by atoms with Gasteiger partial charge in [-0.05, 0) is 63.5 Å². The molecule has 6 aromatic carbocycles. The largest absolute Gasteiger partial charge is 0.496 e. The first-order valence-corrected chi connectivity index (χ1v) is 12.6. The lowest BCUT2D eigenvalue weighted by molar-refractivity contribution is 0.415. The Morgan fingerprint density at radius 2 is 0.816 bits per heavy atom. The van der Waals surface area contributed by atoms with Gasteiger partial charge in [0.15, 0.2) is 0 Å². The van der Waals surface area contributed by atoms with Gasteiger partial charge in [0, 0.05) is 27.8 Å². The summed E-state index contributed by atoms with van der Waals surface area (Å²) in [5, 5.41) is 4.67. The number of fused-ring (bicyclic) bond motifs is 2. The molecule has 0 aliphatic carbocycles. The van der Waals surface area contributed by atoms with Crippen LogP contribution < -0.4 is 14.2 Å². The van der Waals surface area contributed by atoms with Crippen LogP contribution in [-0.4, -0.2) is 21.3 Å². The zero-order chi connectivity index (χ0) is 26.1. The third-order valence-corrected chi connectivity index (χ3v) is 7.16. The molecule has 0 N–H and O–H groups in total. The molecule has 0 aromatic heterocycles. The van der Waals surface area contributed by atoms with Crippen molar-refractivity contribution in [1.29, 1.82) is 0 Å². The van der Waals surface area contributed by atoms with Gasteiger partial charge in [0.25, 0.3) is 0 Å². The standard InChI is InChI=1S/C35H28O3/c1-36-31-17-9-6-14-26(31)30-22-25-20-23-12-4-5-13-24(23)21-29(25)34(27-15-7-10-18-32(27)37-2)35(30)28-16-8-11-19-33(28)38-3/h4-22H,1-3H3. The number of methoxy groups -OCH3 is 3. The van der Waals surface area contributed by atoms with Crippen molar-refractivity contribution in [2.45, 2.75) is 0 Å². The molecule has 0 fully saturated rings. The van der Waals surface area contributed by atoms with Crippen molar-refractivity contribution in [3.05, 3.63) is 115 Å². The van der Waals surface area contributed by atoms with Crippen LogP contribution in [0.3, 0.4) is 0 Å². The Labute approximate surface area is 222 Å². The summed E-state index contributed by atoms with van der Waals surface area (Å²) in [6, 6.07) is 39.9. The zero-order valence-corrected chi connectivity index (χ0v) is 21.7. The maximum atomic E-state index is 5.92. The van der Waals surface area contributed by atoms with Crippen LogP contribution in [0.15, 0.2) is 115 Å². The first kappa shape index (κ1) is 23.6. The van der Waals surface area contributed by atoms with E-state index in [-0.39, 0.29) is 0 Å². The van der Waals surface area contributed by atoms with E-state index in [9.17, 15) is 0 Å². The summed E-state index contributed by atoms with van der Waals surface area (Å²) >= 11 is 0.